The lowest BCUT2D eigenvalue weighted by Crippen LogP contribution is -2.01. The maximum atomic E-state index is 10.5. The molecule has 7 heteroatoms. The Morgan fingerprint density at radius 3 is 2.69 bits per heavy atom. The molecule has 0 aliphatic rings. The van der Waals surface area contributed by atoms with E-state index in [2.05, 4.69) is 36.8 Å². The number of imidazole rings is 1. The van der Waals surface area contributed by atoms with Crippen LogP contribution < -0.4 is 0 Å². The molecule has 72 valence electrons. The summed E-state index contributed by atoms with van der Waals surface area (Å²) in [7, 11) is 0. The van der Waals surface area contributed by atoms with Gasteiger partial charge in [0, 0.05) is 18.8 Å². The van der Waals surface area contributed by atoms with Crippen LogP contribution in [0.2, 0.25) is 0 Å². The Bertz CT molecular complexity index is 337. The lowest BCUT2D eigenvalue weighted by Gasteiger charge is -1.99. The molecule has 13 heavy (non-hydrogen) atoms. The molecule has 0 unspecified atom stereocenters. The van der Waals surface area contributed by atoms with E-state index in [9.17, 15) is 10.1 Å². The van der Waals surface area contributed by atoms with Gasteiger partial charge in [-0.25, -0.2) is 0 Å². The van der Waals surface area contributed by atoms with E-state index < -0.39 is 4.92 Å². The molecule has 0 fully saturated rings. The number of aromatic nitrogens is 2. The molecule has 0 spiro atoms. The van der Waals surface area contributed by atoms with Crippen molar-refractivity contribution in [2.45, 2.75) is 13.5 Å². The summed E-state index contributed by atoms with van der Waals surface area (Å²) >= 11 is 6.40. The molecule has 0 saturated heterocycles. The van der Waals surface area contributed by atoms with Crippen LogP contribution in [0.5, 0.6) is 0 Å². The summed E-state index contributed by atoms with van der Waals surface area (Å²) in [6.07, 6.45) is 0. The Kier molecular flexibility index (Phi) is 3.43. The largest absolute Gasteiger partial charge is 0.396 e. The van der Waals surface area contributed by atoms with E-state index in [1.165, 1.54) is 0 Å². The molecule has 1 rings (SSSR count). The fraction of sp³-hybridized carbons (Fsp3) is 0.500. The molecule has 0 N–H and O–H groups in total. The fourth-order valence-corrected chi connectivity index (χ4v) is 2.01. The third-order valence-electron chi connectivity index (χ3n) is 1.56. The van der Waals surface area contributed by atoms with Crippen molar-refractivity contribution in [1.82, 2.24) is 9.55 Å². The molecule has 5 nitrogen and oxygen atoms in total. The van der Waals surface area contributed by atoms with Crippen LogP contribution in [-0.4, -0.2) is 19.8 Å². The Balaban J connectivity index is 3.14. The second-order valence-electron chi connectivity index (χ2n) is 2.37. The summed E-state index contributed by atoms with van der Waals surface area (Å²) in [6.45, 7) is 2.40. The molecule has 0 saturated carbocycles. The summed E-state index contributed by atoms with van der Waals surface area (Å²) in [6, 6.07) is 0. The second kappa shape index (κ2) is 4.19. The first kappa shape index (κ1) is 10.6. The van der Waals surface area contributed by atoms with E-state index in [1.54, 1.807) is 11.5 Å². The maximum Gasteiger partial charge on any atom is 0.396 e. The van der Waals surface area contributed by atoms with Crippen molar-refractivity contribution in [3.8, 4) is 0 Å². The van der Waals surface area contributed by atoms with Gasteiger partial charge in [-0.05, 0) is 25.8 Å². The number of halogens is 2. The van der Waals surface area contributed by atoms with Gasteiger partial charge in [0.05, 0.1) is 0 Å². The van der Waals surface area contributed by atoms with Gasteiger partial charge in [0.25, 0.3) is 0 Å². The first-order valence-corrected chi connectivity index (χ1v) is 5.42. The monoisotopic (exact) mass is 311 g/mol. The molecule has 1 heterocycles. The molecular formula is C6H7Br2N3O2. The van der Waals surface area contributed by atoms with Crippen LogP contribution in [0.25, 0.3) is 0 Å². The highest BCUT2D eigenvalue weighted by molar-refractivity contribution is 9.10. The van der Waals surface area contributed by atoms with Crippen LogP contribution >= 0.6 is 31.9 Å². The molecular weight excluding hydrogens is 306 g/mol. The number of alkyl halides is 1. The predicted molar refractivity (Wildman–Crippen MR) is 55.1 cm³/mol. The Morgan fingerprint density at radius 1 is 1.69 bits per heavy atom. The molecule has 1 aromatic heterocycles. The van der Waals surface area contributed by atoms with Gasteiger partial charge in [0.15, 0.2) is 4.60 Å². The highest BCUT2D eigenvalue weighted by Gasteiger charge is 2.22. The summed E-state index contributed by atoms with van der Waals surface area (Å²) in [5, 5.41) is 11.2. The van der Waals surface area contributed by atoms with Crippen LogP contribution in [0.1, 0.15) is 5.82 Å². The van der Waals surface area contributed by atoms with Crippen LogP contribution in [0.4, 0.5) is 5.82 Å². The molecule has 0 aromatic carbocycles. The minimum Gasteiger partial charge on any atom is -0.358 e. The van der Waals surface area contributed by atoms with Gasteiger partial charge in [-0.2, -0.15) is 0 Å². The molecule has 1 aromatic rings. The molecule has 0 radical (unpaired) electrons. The number of hydrogen-bond donors (Lipinski definition) is 0. The van der Waals surface area contributed by atoms with Crippen molar-refractivity contribution in [2.75, 3.05) is 5.33 Å². The maximum absolute atomic E-state index is 10.5. The fourth-order valence-electron chi connectivity index (χ4n) is 0.983. The number of rotatable bonds is 3. The average Bonchev–Trinajstić information content (AvgIpc) is 2.32. The summed E-state index contributed by atoms with van der Waals surface area (Å²) in [5.41, 5.74) is 0. The van der Waals surface area contributed by atoms with Crippen LogP contribution in [0.3, 0.4) is 0 Å². The molecule has 0 aliphatic carbocycles. The van der Waals surface area contributed by atoms with Gasteiger partial charge in [0.1, 0.15) is 0 Å². The Labute approximate surface area is 91.6 Å². The summed E-state index contributed by atoms with van der Waals surface area (Å²) < 4.78 is 2.17. The van der Waals surface area contributed by atoms with Gasteiger partial charge in [0.2, 0.25) is 5.82 Å². The van der Waals surface area contributed by atoms with Crippen molar-refractivity contribution >= 4 is 37.7 Å². The Hall–Kier alpha value is -0.430. The van der Waals surface area contributed by atoms with Crippen LogP contribution in [-0.2, 0) is 6.54 Å². The third kappa shape index (κ3) is 2.08. The van der Waals surface area contributed by atoms with E-state index in [0.29, 0.717) is 17.0 Å². The minimum absolute atomic E-state index is 0.126. The predicted octanol–water partition coefficient (Wildman–Crippen LogP) is 2.26. The molecule has 0 amide bonds. The summed E-state index contributed by atoms with van der Waals surface area (Å²) in [4.78, 5) is 13.8. The van der Waals surface area contributed by atoms with E-state index in [1.807, 2.05) is 0 Å². The SMILES string of the molecule is Cc1nc([N+](=O)[O-])c(Br)n1CCBr. The first-order valence-electron chi connectivity index (χ1n) is 3.51. The van der Waals surface area contributed by atoms with Crippen LogP contribution in [0.15, 0.2) is 4.60 Å². The van der Waals surface area contributed by atoms with E-state index in [4.69, 9.17) is 0 Å². The normalized spacial score (nSPS) is 10.4. The quantitative estimate of drug-likeness (QED) is 0.488. The lowest BCUT2D eigenvalue weighted by atomic mass is 10.6. The number of nitrogens with zero attached hydrogens (tertiary/aromatic N) is 3. The molecule has 0 aliphatic heterocycles. The summed E-state index contributed by atoms with van der Waals surface area (Å²) in [5.74, 6) is 0.511. The standard InChI is InChI=1S/C6H7Br2N3O2/c1-4-9-6(11(12)13)5(8)10(4)3-2-7/h2-3H2,1H3. The number of aryl methyl sites for hydroxylation is 1. The average molecular weight is 313 g/mol. The van der Waals surface area contributed by atoms with Crippen LogP contribution in [0, 0.1) is 17.0 Å². The zero-order valence-electron chi connectivity index (χ0n) is 6.83. The zero-order valence-corrected chi connectivity index (χ0v) is 10.0. The molecule has 0 bridgehead atoms. The second-order valence-corrected chi connectivity index (χ2v) is 3.92. The highest BCUT2D eigenvalue weighted by Crippen LogP contribution is 2.25. The Morgan fingerprint density at radius 2 is 2.31 bits per heavy atom. The van der Waals surface area contributed by atoms with E-state index in [-0.39, 0.29) is 5.82 Å². The van der Waals surface area contributed by atoms with Crippen molar-refractivity contribution < 1.29 is 4.92 Å². The van der Waals surface area contributed by atoms with Gasteiger partial charge in [-0.3, -0.25) is 4.57 Å². The topological polar surface area (TPSA) is 61.0 Å². The third-order valence-corrected chi connectivity index (χ3v) is 2.70. The number of nitro groups is 1. The van der Waals surface area contributed by atoms with Crippen molar-refractivity contribution in [2.24, 2.45) is 0 Å². The van der Waals surface area contributed by atoms with Crippen molar-refractivity contribution in [1.29, 1.82) is 0 Å². The van der Waals surface area contributed by atoms with E-state index >= 15 is 0 Å². The van der Waals surface area contributed by atoms with Gasteiger partial charge >= 0.3 is 5.82 Å². The lowest BCUT2D eigenvalue weighted by molar-refractivity contribution is -0.390. The smallest absolute Gasteiger partial charge is 0.358 e. The van der Waals surface area contributed by atoms with Crippen molar-refractivity contribution in [3.05, 3.63) is 20.5 Å². The van der Waals surface area contributed by atoms with Gasteiger partial charge in [-0.1, -0.05) is 15.9 Å². The van der Waals surface area contributed by atoms with E-state index in [0.717, 1.165) is 5.33 Å². The van der Waals surface area contributed by atoms with Gasteiger partial charge in [-0.15, -0.1) is 0 Å². The zero-order chi connectivity index (χ0) is 10.0. The first-order chi connectivity index (χ1) is 6.07. The highest BCUT2D eigenvalue weighted by atomic mass is 79.9. The van der Waals surface area contributed by atoms with Crippen molar-refractivity contribution in [3.63, 3.8) is 0 Å². The number of hydrogen-bond acceptors (Lipinski definition) is 3. The molecule has 0 atom stereocenters. The minimum atomic E-state index is -0.498. The van der Waals surface area contributed by atoms with Gasteiger partial charge < -0.3 is 10.1 Å².